The Labute approximate surface area is 119 Å². The fraction of sp³-hybridized carbons (Fsp3) is 0.600. The number of hydrogen-bond acceptors (Lipinski definition) is 4. The molecule has 2 rings (SSSR count). The number of aliphatic hydroxyl groups is 2. The molecule has 1 heterocycles. The van der Waals surface area contributed by atoms with Crippen LogP contribution in [0.5, 0.6) is 0 Å². The van der Waals surface area contributed by atoms with Gasteiger partial charge >= 0.3 is 0 Å². The first kappa shape index (κ1) is 14.9. The molecule has 0 amide bonds. The van der Waals surface area contributed by atoms with Crippen LogP contribution in [0.25, 0.3) is 0 Å². The van der Waals surface area contributed by atoms with E-state index in [2.05, 4.69) is 36.1 Å². The predicted octanol–water partition coefficient (Wildman–Crippen LogP) is 1.90. The molecule has 1 saturated heterocycles. The van der Waals surface area contributed by atoms with Gasteiger partial charge in [-0.05, 0) is 45.0 Å². The highest BCUT2D eigenvalue weighted by Gasteiger charge is 2.24. The smallest absolute Gasteiger partial charge is 0.0609 e. The number of aryl methyl sites for hydroxylation is 1. The number of rotatable bonds is 5. The van der Waals surface area contributed by atoms with Crippen LogP contribution >= 0.6 is 11.8 Å². The Morgan fingerprint density at radius 1 is 1.26 bits per heavy atom. The molecule has 0 aliphatic carbocycles. The van der Waals surface area contributed by atoms with Gasteiger partial charge in [0.1, 0.15) is 0 Å². The van der Waals surface area contributed by atoms with E-state index in [-0.39, 0.29) is 19.3 Å². The van der Waals surface area contributed by atoms with Crippen molar-refractivity contribution in [2.45, 2.75) is 36.0 Å². The molecule has 106 valence electrons. The van der Waals surface area contributed by atoms with Crippen molar-refractivity contribution in [3.05, 3.63) is 29.8 Å². The lowest BCUT2D eigenvalue weighted by molar-refractivity contribution is 0.0623. The quantitative estimate of drug-likeness (QED) is 0.865. The van der Waals surface area contributed by atoms with E-state index in [0.717, 1.165) is 25.9 Å². The molecule has 1 aromatic rings. The van der Waals surface area contributed by atoms with Crippen molar-refractivity contribution in [3.63, 3.8) is 0 Å². The molecule has 0 saturated carbocycles. The van der Waals surface area contributed by atoms with Crippen LogP contribution in [0.4, 0.5) is 0 Å². The van der Waals surface area contributed by atoms with E-state index >= 15 is 0 Å². The van der Waals surface area contributed by atoms with Crippen molar-refractivity contribution in [2.24, 2.45) is 0 Å². The standard InChI is InChI=1S/C15H23NO2S/c1-12-3-2-4-15(9-12)19-14-5-7-16(8-6-14)13(10-17)11-18/h2-4,9,13-14,17-18H,5-8,10-11H2,1H3. The molecule has 0 spiro atoms. The third-order valence-electron chi connectivity index (χ3n) is 3.71. The van der Waals surface area contributed by atoms with Crippen molar-refractivity contribution < 1.29 is 10.2 Å². The van der Waals surface area contributed by atoms with E-state index in [1.807, 2.05) is 11.8 Å². The molecule has 0 radical (unpaired) electrons. The van der Waals surface area contributed by atoms with E-state index in [9.17, 15) is 10.2 Å². The zero-order valence-corrected chi connectivity index (χ0v) is 12.3. The summed E-state index contributed by atoms with van der Waals surface area (Å²) in [5.74, 6) is 0. The monoisotopic (exact) mass is 281 g/mol. The van der Waals surface area contributed by atoms with Gasteiger partial charge in [0.15, 0.2) is 0 Å². The SMILES string of the molecule is Cc1cccc(SC2CCN(C(CO)CO)CC2)c1. The molecular weight excluding hydrogens is 258 g/mol. The van der Waals surface area contributed by atoms with E-state index in [0.29, 0.717) is 5.25 Å². The predicted molar refractivity (Wildman–Crippen MR) is 79.6 cm³/mol. The summed E-state index contributed by atoms with van der Waals surface area (Å²) in [6.07, 6.45) is 2.24. The largest absolute Gasteiger partial charge is 0.395 e. The molecule has 0 unspecified atom stereocenters. The van der Waals surface area contributed by atoms with Gasteiger partial charge in [-0.1, -0.05) is 17.7 Å². The summed E-state index contributed by atoms with van der Waals surface area (Å²) in [6.45, 7) is 4.16. The van der Waals surface area contributed by atoms with Crippen LogP contribution in [0.15, 0.2) is 29.2 Å². The normalized spacial score (nSPS) is 18.1. The average molecular weight is 281 g/mol. The first-order valence-corrected chi connectivity index (χ1v) is 7.80. The van der Waals surface area contributed by atoms with E-state index in [1.54, 1.807) is 0 Å². The van der Waals surface area contributed by atoms with Crippen molar-refractivity contribution >= 4 is 11.8 Å². The molecule has 19 heavy (non-hydrogen) atoms. The molecule has 0 atom stereocenters. The van der Waals surface area contributed by atoms with Crippen LogP contribution in [-0.4, -0.2) is 52.7 Å². The summed E-state index contributed by atoms with van der Waals surface area (Å²) in [5, 5.41) is 19.1. The highest BCUT2D eigenvalue weighted by atomic mass is 32.2. The Balaban J connectivity index is 1.83. The van der Waals surface area contributed by atoms with Gasteiger partial charge in [0, 0.05) is 10.1 Å². The summed E-state index contributed by atoms with van der Waals surface area (Å²) in [7, 11) is 0. The van der Waals surface area contributed by atoms with Crippen LogP contribution in [0.3, 0.4) is 0 Å². The average Bonchev–Trinajstić information content (AvgIpc) is 2.42. The second-order valence-electron chi connectivity index (χ2n) is 5.19. The van der Waals surface area contributed by atoms with Crippen molar-refractivity contribution in [3.8, 4) is 0 Å². The fourth-order valence-electron chi connectivity index (χ4n) is 2.53. The Kier molecular flexibility index (Phi) is 5.70. The third-order valence-corrected chi connectivity index (χ3v) is 5.04. The van der Waals surface area contributed by atoms with Crippen LogP contribution < -0.4 is 0 Å². The number of nitrogens with zero attached hydrogens (tertiary/aromatic N) is 1. The van der Waals surface area contributed by atoms with Crippen LogP contribution in [0.2, 0.25) is 0 Å². The Morgan fingerprint density at radius 3 is 2.53 bits per heavy atom. The van der Waals surface area contributed by atoms with Gasteiger partial charge in [0.05, 0.1) is 19.3 Å². The maximum atomic E-state index is 9.20. The molecule has 1 aliphatic heterocycles. The first-order valence-electron chi connectivity index (χ1n) is 6.92. The topological polar surface area (TPSA) is 43.7 Å². The zero-order chi connectivity index (χ0) is 13.7. The minimum absolute atomic E-state index is 0.0478. The number of hydrogen-bond donors (Lipinski definition) is 2. The molecule has 0 aromatic heterocycles. The molecule has 1 aromatic carbocycles. The highest BCUT2D eigenvalue weighted by molar-refractivity contribution is 8.00. The van der Waals surface area contributed by atoms with Crippen molar-refractivity contribution in [1.82, 2.24) is 4.90 Å². The maximum Gasteiger partial charge on any atom is 0.0609 e. The molecule has 1 aliphatic rings. The van der Waals surface area contributed by atoms with E-state index < -0.39 is 0 Å². The maximum absolute atomic E-state index is 9.20. The van der Waals surface area contributed by atoms with Crippen LogP contribution in [-0.2, 0) is 0 Å². The number of piperidine rings is 1. The Morgan fingerprint density at radius 2 is 1.95 bits per heavy atom. The van der Waals surface area contributed by atoms with Crippen molar-refractivity contribution in [1.29, 1.82) is 0 Å². The summed E-state index contributed by atoms with van der Waals surface area (Å²) >= 11 is 1.96. The minimum atomic E-state index is -0.0788. The van der Waals surface area contributed by atoms with E-state index in [1.165, 1.54) is 10.5 Å². The van der Waals surface area contributed by atoms with E-state index in [4.69, 9.17) is 0 Å². The van der Waals surface area contributed by atoms with Gasteiger partial charge in [-0.3, -0.25) is 4.90 Å². The highest BCUT2D eigenvalue weighted by Crippen LogP contribution is 2.31. The van der Waals surface area contributed by atoms with Crippen LogP contribution in [0.1, 0.15) is 18.4 Å². The second-order valence-corrected chi connectivity index (χ2v) is 6.56. The molecular formula is C15H23NO2S. The van der Waals surface area contributed by atoms with Crippen LogP contribution in [0, 0.1) is 6.92 Å². The van der Waals surface area contributed by atoms with Crippen molar-refractivity contribution in [2.75, 3.05) is 26.3 Å². The number of thioether (sulfide) groups is 1. The molecule has 0 bridgehead atoms. The van der Waals surface area contributed by atoms with Gasteiger partial charge in [-0.2, -0.15) is 0 Å². The van der Waals surface area contributed by atoms with Gasteiger partial charge in [-0.15, -0.1) is 11.8 Å². The van der Waals surface area contributed by atoms with Gasteiger partial charge in [-0.25, -0.2) is 0 Å². The molecule has 1 fully saturated rings. The summed E-state index contributed by atoms with van der Waals surface area (Å²) in [4.78, 5) is 3.55. The Hall–Kier alpha value is -0.550. The number of benzene rings is 1. The van der Waals surface area contributed by atoms with Gasteiger partial charge in [0.25, 0.3) is 0 Å². The molecule has 3 nitrogen and oxygen atoms in total. The number of aliphatic hydroxyl groups excluding tert-OH is 2. The summed E-state index contributed by atoms with van der Waals surface area (Å²) < 4.78 is 0. The summed E-state index contributed by atoms with van der Waals surface area (Å²) in [6, 6.07) is 8.57. The lowest BCUT2D eigenvalue weighted by Gasteiger charge is -2.35. The molecule has 4 heteroatoms. The fourth-order valence-corrected chi connectivity index (χ4v) is 3.77. The lowest BCUT2D eigenvalue weighted by atomic mass is 10.1. The van der Waals surface area contributed by atoms with Gasteiger partial charge in [0.2, 0.25) is 0 Å². The molecule has 2 N–H and O–H groups in total. The second kappa shape index (κ2) is 7.29. The Bertz CT molecular complexity index is 387. The zero-order valence-electron chi connectivity index (χ0n) is 11.5. The summed E-state index contributed by atoms with van der Waals surface area (Å²) in [5.41, 5.74) is 1.31. The third kappa shape index (κ3) is 4.21. The lowest BCUT2D eigenvalue weighted by Crippen LogP contribution is -2.45. The minimum Gasteiger partial charge on any atom is -0.395 e. The van der Waals surface area contributed by atoms with Gasteiger partial charge < -0.3 is 10.2 Å². The number of likely N-dealkylation sites (tertiary alicyclic amines) is 1. The first-order chi connectivity index (χ1) is 9.22.